The SMILES string of the molecule is Cc1cc(C(=O)N/N=C/c2c(C)nc3sccn23)c(C)o1. The largest absolute Gasteiger partial charge is 0.466 e. The van der Waals surface area contributed by atoms with E-state index in [4.69, 9.17) is 4.42 Å². The molecule has 3 rings (SSSR count). The van der Waals surface area contributed by atoms with E-state index in [1.807, 2.05) is 22.9 Å². The van der Waals surface area contributed by atoms with Crippen molar-refractivity contribution in [2.75, 3.05) is 0 Å². The molecule has 0 saturated carbocycles. The van der Waals surface area contributed by atoms with Crippen molar-refractivity contribution in [1.82, 2.24) is 14.8 Å². The van der Waals surface area contributed by atoms with Crippen LogP contribution in [-0.2, 0) is 0 Å². The second-order valence-electron chi connectivity index (χ2n) is 4.66. The zero-order valence-electron chi connectivity index (χ0n) is 11.9. The smallest absolute Gasteiger partial charge is 0.274 e. The number of carbonyl (C=O) groups is 1. The molecule has 108 valence electrons. The fourth-order valence-corrected chi connectivity index (χ4v) is 2.90. The Kier molecular flexibility index (Phi) is 3.34. The van der Waals surface area contributed by atoms with E-state index in [0.717, 1.165) is 16.3 Å². The Morgan fingerprint density at radius 1 is 1.48 bits per heavy atom. The van der Waals surface area contributed by atoms with Gasteiger partial charge in [0, 0.05) is 11.6 Å². The zero-order chi connectivity index (χ0) is 15.0. The highest BCUT2D eigenvalue weighted by Gasteiger charge is 2.13. The van der Waals surface area contributed by atoms with Gasteiger partial charge in [-0.05, 0) is 26.8 Å². The summed E-state index contributed by atoms with van der Waals surface area (Å²) >= 11 is 1.55. The van der Waals surface area contributed by atoms with Gasteiger partial charge in [-0.3, -0.25) is 9.20 Å². The van der Waals surface area contributed by atoms with E-state index in [1.165, 1.54) is 0 Å². The third-order valence-electron chi connectivity index (χ3n) is 3.12. The van der Waals surface area contributed by atoms with Gasteiger partial charge in [0.05, 0.1) is 23.2 Å². The minimum Gasteiger partial charge on any atom is -0.466 e. The lowest BCUT2D eigenvalue weighted by Crippen LogP contribution is -2.18. The van der Waals surface area contributed by atoms with Crippen LogP contribution in [0.4, 0.5) is 0 Å². The number of hydrogen-bond acceptors (Lipinski definition) is 5. The molecular formula is C14H14N4O2S. The Labute approximate surface area is 125 Å². The molecule has 0 bridgehead atoms. The fourth-order valence-electron chi connectivity index (χ4n) is 2.14. The van der Waals surface area contributed by atoms with Crippen LogP contribution in [0, 0.1) is 20.8 Å². The maximum absolute atomic E-state index is 12.0. The number of fused-ring (bicyclic) bond motifs is 1. The first-order valence-corrected chi connectivity index (χ1v) is 7.27. The Balaban J connectivity index is 1.78. The molecule has 0 fully saturated rings. The third-order valence-corrected chi connectivity index (χ3v) is 3.88. The van der Waals surface area contributed by atoms with Gasteiger partial charge in [0.2, 0.25) is 0 Å². The average molecular weight is 302 g/mol. The Morgan fingerprint density at radius 2 is 2.29 bits per heavy atom. The number of hydrogen-bond donors (Lipinski definition) is 1. The first kappa shape index (κ1) is 13.6. The van der Waals surface area contributed by atoms with E-state index in [2.05, 4.69) is 15.5 Å². The third kappa shape index (κ3) is 2.47. The predicted molar refractivity (Wildman–Crippen MR) is 81.0 cm³/mol. The highest BCUT2D eigenvalue weighted by Crippen LogP contribution is 2.15. The summed E-state index contributed by atoms with van der Waals surface area (Å²) in [6, 6.07) is 1.70. The van der Waals surface area contributed by atoms with Crippen molar-refractivity contribution in [3.8, 4) is 0 Å². The quantitative estimate of drug-likeness (QED) is 0.597. The van der Waals surface area contributed by atoms with Crippen LogP contribution in [0.2, 0.25) is 0 Å². The zero-order valence-corrected chi connectivity index (χ0v) is 12.7. The number of rotatable bonds is 3. The standard InChI is InChI=1S/C14H14N4O2S/c1-8-6-11(10(3)20-8)13(19)17-15-7-12-9(2)16-14-18(12)4-5-21-14/h4-7H,1-3H3,(H,17,19)/b15-7+. The molecule has 21 heavy (non-hydrogen) atoms. The lowest BCUT2D eigenvalue weighted by molar-refractivity contribution is 0.0953. The lowest BCUT2D eigenvalue weighted by Gasteiger charge is -1.97. The van der Waals surface area contributed by atoms with Crippen LogP contribution in [0.15, 0.2) is 27.2 Å². The molecule has 7 heteroatoms. The summed E-state index contributed by atoms with van der Waals surface area (Å²) in [7, 11) is 0. The van der Waals surface area contributed by atoms with Crippen LogP contribution in [-0.4, -0.2) is 21.5 Å². The van der Waals surface area contributed by atoms with Crippen molar-refractivity contribution < 1.29 is 9.21 Å². The Morgan fingerprint density at radius 3 is 3.00 bits per heavy atom. The van der Waals surface area contributed by atoms with E-state index in [-0.39, 0.29) is 5.91 Å². The van der Waals surface area contributed by atoms with Crippen LogP contribution >= 0.6 is 11.3 Å². The highest BCUT2D eigenvalue weighted by molar-refractivity contribution is 7.15. The Hall–Kier alpha value is -2.41. The van der Waals surface area contributed by atoms with Gasteiger partial charge < -0.3 is 4.42 Å². The fraction of sp³-hybridized carbons (Fsp3) is 0.214. The van der Waals surface area contributed by atoms with Crippen LogP contribution in [0.3, 0.4) is 0 Å². The topological polar surface area (TPSA) is 71.9 Å². The molecule has 0 aliphatic heterocycles. The van der Waals surface area contributed by atoms with Gasteiger partial charge in [0.15, 0.2) is 4.96 Å². The average Bonchev–Trinajstić information content (AvgIpc) is 3.07. The summed E-state index contributed by atoms with van der Waals surface area (Å²) in [5, 5.41) is 5.96. The number of aryl methyl sites for hydroxylation is 3. The van der Waals surface area contributed by atoms with Crippen molar-refractivity contribution in [2.45, 2.75) is 20.8 Å². The molecule has 6 nitrogen and oxygen atoms in total. The number of carbonyl (C=O) groups excluding carboxylic acids is 1. The number of thiazole rings is 1. The van der Waals surface area contributed by atoms with Crippen LogP contribution < -0.4 is 5.43 Å². The monoisotopic (exact) mass is 302 g/mol. The Bertz CT molecular complexity index is 841. The molecule has 0 unspecified atom stereocenters. The molecule has 3 aromatic rings. The van der Waals surface area contributed by atoms with Gasteiger partial charge in [-0.2, -0.15) is 5.10 Å². The molecule has 0 aliphatic rings. The highest BCUT2D eigenvalue weighted by atomic mass is 32.1. The van der Waals surface area contributed by atoms with Crippen molar-refractivity contribution in [3.63, 3.8) is 0 Å². The van der Waals surface area contributed by atoms with Gasteiger partial charge in [0.1, 0.15) is 11.5 Å². The predicted octanol–water partition coefficient (Wildman–Crippen LogP) is 2.68. The van der Waals surface area contributed by atoms with Gasteiger partial charge >= 0.3 is 0 Å². The van der Waals surface area contributed by atoms with E-state index >= 15 is 0 Å². The summed E-state index contributed by atoms with van der Waals surface area (Å²) < 4.78 is 7.26. The van der Waals surface area contributed by atoms with Gasteiger partial charge in [-0.1, -0.05) is 0 Å². The van der Waals surface area contributed by atoms with Gasteiger partial charge in [-0.15, -0.1) is 11.3 Å². The van der Waals surface area contributed by atoms with E-state index < -0.39 is 0 Å². The van der Waals surface area contributed by atoms with Crippen molar-refractivity contribution >= 4 is 28.4 Å². The number of aromatic nitrogens is 2. The first-order chi connectivity index (χ1) is 10.1. The van der Waals surface area contributed by atoms with Gasteiger partial charge in [0.25, 0.3) is 5.91 Å². The molecule has 3 heterocycles. The second-order valence-corrected chi connectivity index (χ2v) is 5.54. The van der Waals surface area contributed by atoms with Crippen molar-refractivity contribution in [3.05, 3.63) is 46.1 Å². The summed E-state index contributed by atoms with van der Waals surface area (Å²) in [6.45, 7) is 5.46. The molecule has 1 amide bonds. The number of furan rings is 1. The summed E-state index contributed by atoms with van der Waals surface area (Å²) in [5.41, 5.74) is 4.73. The maximum atomic E-state index is 12.0. The molecule has 3 aromatic heterocycles. The van der Waals surface area contributed by atoms with Gasteiger partial charge in [-0.25, -0.2) is 10.4 Å². The van der Waals surface area contributed by atoms with Crippen LogP contribution in [0.5, 0.6) is 0 Å². The van der Waals surface area contributed by atoms with Crippen molar-refractivity contribution in [2.24, 2.45) is 5.10 Å². The minimum absolute atomic E-state index is 0.288. The molecule has 0 saturated heterocycles. The van der Waals surface area contributed by atoms with E-state index in [9.17, 15) is 4.79 Å². The number of nitrogens with one attached hydrogen (secondary N) is 1. The second kappa shape index (κ2) is 5.17. The molecular weight excluding hydrogens is 288 g/mol. The molecule has 0 atom stereocenters. The number of imidazole rings is 1. The van der Waals surface area contributed by atoms with Crippen LogP contribution in [0.1, 0.15) is 33.3 Å². The van der Waals surface area contributed by atoms with Crippen LogP contribution in [0.25, 0.3) is 4.96 Å². The number of nitrogens with zero attached hydrogens (tertiary/aromatic N) is 3. The molecule has 0 radical (unpaired) electrons. The summed E-state index contributed by atoms with van der Waals surface area (Å²) in [5.74, 6) is 0.999. The maximum Gasteiger partial charge on any atom is 0.274 e. The number of amides is 1. The van der Waals surface area contributed by atoms with E-state index in [0.29, 0.717) is 17.1 Å². The normalized spacial score (nSPS) is 11.6. The minimum atomic E-state index is -0.288. The number of hydrazone groups is 1. The molecule has 1 N–H and O–H groups in total. The van der Waals surface area contributed by atoms with E-state index in [1.54, 1.807) is 37.5 Å². The molecule has 0 spiro atoms. The van der Waals surface area contributed by atoms with Crippen molar-refractivity contribution in [1.29, 1.82) is 0 Å². The lowest BCUT2D eigenvalue weighted by atomic mass is 10.2. The molecule has 0 aromatic carbocycles. The summed E-state index contributed by atoms with van der Waals surface area (Å²) in [6.07, 6.45) is 3.52. The first-order valence-electron chi connectivity index (χ1n) is 6.39. The summed E-state index contributed by atoms with van der Waals surface area (Å²) in [4.78, 5) is 17.3. The molecule has 0 aliphatic carbocycles.